The fraction of sp³-hybridized carbons (Fsp3) is 0. The first-order valence-corrected chi connectivity index (χ1v) is 7.02. The third-order valence-electron chi connectivity index (χ3n) is 3.01. The monoisotopic (exact) mass is 316 g/mol. The summed E-state index contributed by atoms with van der Waals surface area (Å²) in [5.74, 6) is 0. The fourth-order valence-electron chi connectivity index (χ4n) is 2.01. The van der Waals surface area contributed by atoms with Crippen LogP contribution >= 0.6 is 23.2 Å². The second kappa shape index (κ2) is 5.72. The van der Waals surface area contributed by atoms with Gasteiger partial charge in [0.25, 0.3) is 5.56 Å². The number of rotatable bonds is 2. The smallest absolute Gasteiger partial charge is 0.267 e. The topological polar surface area (TPSA) is 34.9 Å². The van der Waals surface area contributed by atoms with Crippen molar-refractivity contribution in [2.24, 2.45) is 0 Å². The first-order valence-electron chi connectivity index (χ1n) is 6.26. The Labute approximate surface area is 131 Å². The second-order valence-corrected chi connectivity index (χ2v) is 5.27. The van der Waals surface area contributed by atoms with Gasteiger partial charge in [0.15, 0.2) is 0 Å². The van der Waals surface area contributed by atoms with Gasteiger partial charge in [-0.1, -0.05) is 41.4 Å². The zero-order valence-corrected chi connectivity index (χ0v) is 12.3. The molecule has 0 saturated heterocycles. The number of nitrogens with zero attached hydrogens (tertiary/aromatic N) is 2. The van der Waals surface area contributed by atoms with Crippen LogP contribution in [0.15, 0.2) is 65.5 Å². The van der Waals surface area contributed by atoms with Crippen LogP contribution in [0.1, 0.15) is 0 Å². The van der Waals surface area contributed by atoms with Crippen molar-refractivity contribution in [3.63, 3.8) is 0 Å². The molecule has 0 radical (unpaired) electrons. The van der Waals surface area contributed by atoms with Gasteiger partial charge in [-0.05, 0) is 36.4 Å². The molecule has 5 heteroatoms. The van der Waals surface area contributed by atoms with Gasteiger partial charge in [0.2, 0.25) is 0 Å². The van der Waals surface area contributed by atoms with Gasteiger partial charge in [0, 0.05) is 16.7 Å². The lowest BCUT2D eigenvalue weighted by atomic mass is 10.1. The van der Waals surface area contributed by atoms with Gasteiger partial charge in [0.1, 0.15) is 0 Å². The summed E-state index contributed by atoms with van der Waals surface area (Å²) in [5, 5.41) is 5.43. The first-order chi connectivity index (χ1) is 10.1. The van der Waals surface area contributed by atoms with E-state index in [2.05, 4.69) is 5.10 Å². The predicted octanol–water partition coefficient (Wildman–Crippen LogP) is 4.21. The van der Waals surface area contributed by atoms with Gasteiger partial charge >= 0.3 is 0 Å². The van der Waals surface area contributed by atoms with E-state index < -0.39 is 0 Å². The standard InChI is InChI=1S/C16H10Cl2N2O/c17-11-6-7-13(14(18)10-11)15-8-9-16(21)20(19-15)12-4-2-1-3-5-12/h1-10H. The van der Waals surface area contributed by atoms with Crippen molar-refractivity contribution in [1.29, 1.82) is 0 Å². The Hall–Kier alpha value is -2.10. The minimum Gasteiger partial charge on any atom is -0.267 e. The Morgan fingerprint density at radius 2 is 1.67 bits per heavy atom. The first kappa shape index (κ1) is 13.9. The molecule has 0 amide bonds. The van der Waals surface area contributed by atoms with E-state index in [1.165, 1.54) is 10.7 Å². The van der Waals surface area contributed by atoms with Crippen LogP contribution in [0.3, 0.4) is 0 Å². The lowest BCUT2D eigenvalue weighted by Gasteiger charge is -2.08. The summed E-state index contributed by atoms with van der Waals surface area (Å²) in [6.45, 7) is 0. The molecule has 3 rings (SSSR count). The molecule has 1 heterocycles. The molecule has 0 aliphatic rings. The summed E-state index contributed by atoms with van der Waals surface area (Å²) in [5.41, 5.74) is 1.84. The van der Waals surface area contributed by atoms with E-state index >= 15 is 0 Å². The number of benzene rings is 2. The molecule has 0 fully saturated rings. The molecule has 0 spiro atoms. The highest BCUT2D eigenvalue weighted by Gasteiger charge is 2.08. The SMILES string of the molecule is O=c1ccc(-c2ccc(Cl)cc2Cl)nn1-c1ccccc1. The Kier molecular flexibility index (Phi) is 3.78. The highest BCUT2D eigenvalue weighted by Crippen LogP contribution is 2.28. The van der Waals surface area contributed by atoms with Crippen LogP contribution in [-0.4, -0.2) is 9.78 Å². The molecule has 0 aliphatic carbocycles. The maximum atomic E-state index is 12.0. The van der Waals surface area contributed by atoms with Crippen LogP contribution in [0.25, 0.3) is 16.9 Å². The number of aromatic nitrogens is 2. The minimum atomic E-state index is -0.199. The van der Waals surface area contributed by atoms with Crippen molar-refractivity contribution in [3.8, 4) is 16.9 Å². The third-order valence-corrected chi connectivity index (χ3v) is 3.56. The summed E-state index contributed by atoms with van der Waals surface area (Å²) in [7, 11) is 0. The molecule has 3 aromatic rings. The van der Waals surface area contributed by atoms with E-state index in [1.807, 2.05) is 30.3 Å². The summed E-state index contributed by atoms with van der Waals surface area (Å²) >= 11 is 12.1. The lowest BCUT2D eigenvalue weighted by Crippen LogP contribution is -2.20. The van der Waals surface area contributed by atoms with Crippen LogP contribution in [0.5, 0.6) is 0 Å². The molecular formula is C16H10Cl2N2O. The summed E-state index contributed by atoms with van der Waals surface area (Å²) in [4.78, 5) is 12.0. The van der Waals surface area contributed by atoms with Gasteiger partial charge in [-0.3, -0.25) is 4.79 Å². The fourth-order valence-corrected chi connectivity index (χ4v) is 2.51. The van der Waals surface area contributed by atoms with Crippen molar-refractivity contribution in [1.82, 2.24) is 9.78 Å². The maximum Gasteiger partial charge on any atom is 0.271 e. The van der Waals surface area contributed by atoms with Crippen LogP contribution in [0, 0.1) is 0 Å². The molecule has 0 unspecified atom stereocenters. The average Bonchev–Trinajstić information content (AvgIpc) is 2.49. The third kappa shape index (κ3) is 2.84. The molecule has 3 nitrogen and oxygen atoms in total. The van der Waals surface area contributed by atoms with E-state index in [0.717, 1.165) is 5.56 Å². The normalized spacial score (nSPS) is 10.6. The number of halogens is 2. The molecular weight excluding hydrogens is 307 g/mol. The molecule has 104 valence electrons. The highest BCUT2D eigenvalue weighted by atomic mass is 35.5. The lowest BCUT2D eigenvalue weighted by molar-refractivity contribution is 0.812. The zero-order chi connectivity index (χ0) is 14.8. The molecule has 0 N–H and O–H groups in total. The van der Waals surface area contributed by atoms with Crippen molar-refractivity contribution in [2.75, 3.05) is 0 Å². The predicted molar refractivity (Wildman–Crippen MR) is 85.3 cm³/mol. The largest absolute Gasteiger partial charge is 0.271 e. The van der Waals surface area contributed by atoms with Crippen LogP contribution in [0.4, 0.5) is 0 Å². The molecule has 0 bridgehead atoms. The molecule has 2 aromatic carbocycles. The Bertz CT molecular complexity index is 844. The van der Waals surface area contributed by atoms with Gasteiger partial charge in [-0.2, -0.15) is 9.78 Å². The number of hydrogen-bond donors (Lipinski definition) is 0. The number of hydrogen-bond acceptors (Lipinski definition) is 2. The Morgan fingerprint density at radius 3 is 2.38 bits per heavy atom. The van der Waals surface area contributed by atoms with Crippen molar-refractivity contribution >= 4 is 23.2 Å². The quantitative estimate of drug-likeness (QED) is 0.710. The van der Waals surface area contributed by atoms with Gasteiger partial charge in [0.05, 0.1) is 16.4 Å². The molecule has 0 atom stereocenters. The Balaban J connectivity index is 2.16. The van der Waals surface area contributed by atoms with Gasteiger partial charge in [-0.25, -0.2) is 0 Å². The van der Waals surface area contributed by atoms with E-state index in [4.69, 9.17) is 23.2 Å². The molecule has 0 aliphatic heterocycles. The van der Waals surface area contributed by atoms with Gasteiger partial charge < -0.3 is 0 Å². The van der Waals surface area contributed by atoms with Gasteiger partial charge in [-0.15, -0.1) is 0 Å². The highest BCUT2D eigenvalue weighted by molar-refractivity contribution is 6.36. The molecule has 1 aromatic heterocycles. The summed E-state index contributed by atoms with van der Waals surface area (Å²) in [6, 6.07) is 17.5. The number of para-hydroxylation sites is 1. The van der Waals surface area contributed by atoms with Crippen molar-refractivity contribution in [2.45, 2.75) is 0 Å². The summed E-state index contributed by atoms with van der Waals surface area (Å²) in [6.07, 6.45) is 0. The zero-order valence-electron chi connectivity index (χ0n) is 10.8. The van der Waals surface area contributed by atoms with E-state index in [0.29, 0.717) is 21.4 Å². The van der Waals surface area contributed by atoms with Crippen LogP contribution in [0.2, 0.25) is 10.0 Å². The van der Waals surface area contributed by atoms with E-state index in [9.17, 15) is 4.79 Å². The molecule has 0 saturated carbocycles. The second-order valence-electron chi connectivity index (χ2n) is 4.43. The van der Waals surface area contributed by atoms with Crippen LogP contribution in [-0.2, 0) is 0 Å². The minimum absolute atomic E-state index is 0.199. The summed E-state index contributed by atoms with van der Waals surface area (Å²) < 4.78 is 1.35. The van der Waals surface area contributed by atoms with Crippen LogP contribution < -0.4 is 5.56 Å². The van der Waals surface area contributed by atoms with E-state index in [1.54, 1.807) is 24.3 Å². The maximum absolute atomic E-state index is 12.0. The molecule has 21 heavy (non-hydrogen) atoms. The van der Waals surface area contributed by atoms with Crippen molar-refractivity contribution in [3.05, 3.63) is 81.1 Å². The Morgan fingerprint density at radius 1 is 0.905 bits per heavy atom. The average molecular weight is 317 g/mol. The van der Waals surface area contributed by atoms with Crippen molar-refractivity contribution < 1.29 is 0 Å². The van der Waals surface area contributed by atoms with E-state index in [-0.39, 0.29) is 5.56 Å².